The minimum absolute atomic E-state index is 0.133. The number of hydrogen-bond acceptors (Lipinski definition) is 4. The van der Waals surface area contributed by atoms with Crippen LogP contribution in [0.1, 0.15) is 36.5 Å². The van der Waals surface area contributed by atoms with Gasteiger partial charge in [0.1, 0.15) is 0 Å². The van der Waals surface area contributed by atoms with Gasteiger partial charge in [-0.05, 0) is 37.0 Å². The SMILES string of the molecule is CCSC1CCCCN(C(=O)c2ccc(SC)nc2)C1. The lowest BCUT2D eigenvalue weighted by Gasteiger charge is -2.24. The minimum atomic E-state index is 0.133. The first kappa shape index (κ1) is 15.7. The molecule has 2 rings (SSSR count). The van der Waals surface area contributed by atoms with Crippen LogP contribution in [0.15, 0.2) is 23.4 Å². The van der Waals surface area contributed by atoms with Crippen molar-refractivity contribution in [1.29, 1.82) is 0 Å². The fourth-order valence-electron chi connectivity index (χ4n) is 2.47. The van der Waals surface area contributed by atoms with Crippen molar-refractivity contribution in [1.82, 2.24) is 9.88 Å². The molecule has 0 radical (unpaired) electrons. The Morgan fingerprint density at radius 1 is 1.45 bits per heavy atom. The normalized spacial score (nSPS) is 19.7. The Balaban J connectivity index is 2.05. The van der Waals surface area contributed by atoms with Crippen molar-refractivity contribution >= 4 is 29.4 Å². The maximum Gasteiger partial charge on any atom is 0.255 e. The Kier molecular flexibility index (Phi) is 6.23. The number of hydrogen-bond donors (Lipinski definition) is 0. The monoisotopic (exact) mass is 310 g/mol. The van der Waals surface area contributed by atoms with Crippen molar-refractivity contribution in [2.24, 2.45) is 0 Å². The van der Waals surface area contributed by atoms with Crippen LogP contribution in [0.25, 0.3) is 0 Å². The van der Waals surface area contributed by atoms with Gasteiger partial charge in [0.15, 0.2) is 0 Å². The smallest absolute Gasteiger partial charge is 0.255 e. The van der Waals surface area contributed by atoms with Crippen LogP contribution < -0.4 is 0 Å². The summed E-state index contributed by atoms with van der Waals surface area (Å²) in [5, 5.41) is 1.54. The summed E-state index contributed by atoms with van der Waals surface area (Å²) in [6.45, 7) is 3.94. The van der Waals surface area contributed by atoms with E-state index in [-0.39, 0.29) is 5.91 Å². The number of carbonyl (C=O) groups is 1. The number of thioether (sulfide) groups is 2. The molecule has 20 heavy (non-hydrogen) atoms. The van der Waals surface area contributed by atoms with Gasteiger partial charge in [0.25, 0.3) is 5.91 Å². The van der Waals surface area contributed by atoms with Crippen LogP contribution in [-0.2, 0) is 0 Å². The predicted octanol–water partition coefficient (Wildman–Crippen LogP) is 3.55. The Morgan fingerprint density at radius 2 is 2.30 bits per heavy atom. The van der Waals surface area contributed by atoms with Gasteiger partial charge in [-0.15, -0.1) is 11.8 Å². The molecule has 1 aliphatic rings. The van der Waals surface area contributed by atoms with E-state index in [1.165, 1.54) is 12.8 Å². The highest BCUT2D eigenvalue weighted by Gasteiger charge is 2.23. The van der Waals surface area contributed by atoms with E-state index in [1.807, 2.05) is 35.1 Å². The lowest BCUT2D eigenvalue weighted by Crippen LogP contribution is -2.35. The standard InChI is InChI=1S/C15H22N2OS2/c1-3-20-13-6-4-5-9-17(11-13)15(18)12-7-8-14(19-2)16-10-12/h7-8,10,13H,3-6,9,11H2,1-2H3. The molecule has 0 aromatic carbocycles. The second-order valence-electron chi connectivity index (χ2n) is 4.91. The van der Waals surface area contributed by atoms with E-state index in [0.717, 1.165) is 30.3 Å². The average Bonchev–Trinajstić information content (AvgIpc) is 2.73. The third-order valence-corrected chi connectivity index (χ3v) is 5.36. The predicted molar refractivity (Wildman–Crippen MR) is 87.7 cm³/mol. The lowest BCUT2D eigenvalue weighted by atomic mass is 10.2. The highest BCUT2D eigenvalue weighted by molar-refractivity contribution is 7.99. The summed E-state index contributed by atoms with van der Waals surface area (Å²) in [7, 11) is 0. The van der Waals surface area contributed by atoms with Crippen LogP contribution in [0, 0.1) is 0 Å². The van der Waals surface area contributed by atoms with Crippen LogP contribution in [0.2, 0.25) is 0 Å². The van der Waals surface area contributed by atoms with Crippen molar-refractivity contribution < 1.29 is 4.79 Å². The highest BCUT2D eigenvalue weighted by Crippen LogP contribution is 2.23. The van der Waals surface area contributed by atoms with Gasteiger partial charge in [-0.25, -0.2) is 4.98 Å². The first-order valence-electron chi connectivity index (χ1n) is 7.15. The molecule has 1 unspecified atom stereocenters. The van der Waals surface area contributed by atoms with Crippen LogP contribution in [-0.4, -0.2) is 46.1 Å². The number of pyridine rings is 1. The molecule has 1 saturated heterocycles. The van der Waals surface area contributed by atoms with Crippen molar-refractivity contribution in [2.75, 3.05) is 25.1 Å². The number of amides is 1. The largest absolute Gasteiger partial charge is 0.337 e. The summed E-state index contributed by atoms with van der Waals surface area (Å²) < 4.78 is 0. The first-order valence-corrected chi connectivity index (χ1v) is 9.43. The molecule has 0 N–H and O–H groups in total. The molecule has 1 atom stereocenters. The third-order valence-electron chi connectivity index (χ3n) is 3.51. The van der Waals surface area contributed by atoms with E-state index in [1.54, 1.807) is 18.0 Å². The molecule has 0 spiro atoms. The average molecular weight is 310 g/mol. The topological polar surface area (TPSA) is 33.2 Å². The summed E-state index contributed by atoms with van der Waals surface area (Å²) >= 11 is 3.57. The number of nitrogens with zero attached hydrogens (tertiary/aromatic N) is 2. The van der Waals surface area contributed by atoms with Gasteiger partial charge in [-0.3, -0.25) is 4.79 Å². The summed E-state index contributed by atoms with van der Waals surface area (Å²) in [6.07, 6.45) is 7.27. The van der Waals surface area contributed by atoms with Crippen molar-refractivity contribution in [3.05, 3.63) is 23.9 Å². The molecule has 0 saturated carbocycles. The van der Waals surface area contributed by atoms with E-state index in [0.29, 0.717) is 10.8 Å². The van der Waals surface area contributed by atoms with Crippen LogP contribution in [0.4, 0.5) is 0 Å². The maximum absolute atomic E-state index is 12.6. The van der Waals surface area contributed by atoms with Crippen LogP contribution in [0.5, 0.6) is 0 Å². The van der Waals surface area contributed by atoms with E-state index in [9.17, 15) is 4.79 Å². The molecule has 1 aromatic rings. The molecule has 0 bridgehead atoms. The van der Waals surface area contributed by atoms with Gasteiger partial charge >= 0.3 is 0 Å². The Morgan fingerprint density at radius 3 is 2.95 bits per heavy atom. The van der Waals surface area contributed by atoms with Crippen molar-refractivity contribution in [3.63, 3.8) is 0 Å². The molecule has 2 heterocycles. The zero-order valence-electron chi connectivity index (χ0n) is 12.2. The van der Waals surface area contributed by atoms with Gasteiger partial charge in [-0.2, -0.15) is 11.8 Å². The highest BCUT2D eigenvalue weighted by atomic mass is 32.2. The number of aromatic nitrogens is 1. The minimum Gasteiger partial charge on any atom is -0.337 e. The Hall–Kier alpha value is -0.680. The van der Waals surface area contributed by atoms with E-state index in [4.69, 9.17) is 0 Å². The van der Waals surface area contributed by atoms with Gasteiger partial charge in [0.2, 0.25) is 0 Å². The van der Waals surface area contributed by atoms with Crippen molar-refractivity contribution in [3.8, 4) is 0 Å². The molecule has 1 aromatic heterocycles. The van der Waals surface area contributed by atoms with E-state index in [2.05, 4.69) is 11.9 Å². The van der Waals surface area contributed by atoms with Gasteiger partial charge < -0.3 is 4.90 Å². The van der Waals surface area contributed by atoms with Crippen molar-refractivity contribution in [2.45, 2.75) is 36.5 Å². The van der Waals surface area contributed by atoms with Gasteiger partial charge in [0, 0.05) is 24.5 Å². The Labute approximate surface area is 129 Å². The zero-order chi connectivity index (χ0) is 14.4. The van der Waals surface area contributed by atoms with Gasteiger partial charge in [-0.1, -0.05) is 13.3 Å². The lowest BCUT2D eigenvalue weighted by molar-refractivity contribution is 0.0763. The summed E-state index contributed by atoms with van der Waals surface area (Å²) in [5.41, 5.74) is 0.713. The number of carbonyl (C=O) groups excluding carboxylic acids is 1. The van der Waals surface area contributed by atoms with Gasteiger partial charge in [0.05, 0.1) is 10.6 Å². The van der Waals surface area contributed by atoms with Crippen LogP contribution >= 0.6 is 23.5 Å². The molecule has 3 nitrogen and oxygen atoms in total. The molecule has 1 amide bonds. The second-order valence-corrected chi connectivity index (χ2v) is 7.32. The zero-order valence-corrected chi connectivity index (χ0v) is 13.8. The summed E-state index contributed by atoms with van der Waals surface area (Å²) in [6, 6.07) is 3.82. The summed E-state index contributed by atoms with van der Waals surface area (Å²) in [4.78, 5) is 18.9. The first-order chi connectivity index (χ1) is 9.74. The quantitative estimate of drug-likeness (QED) is 0.796. The fraction of sp³-hybridized carbons (Fsp3) is 0.600. The van der Waals surface area contributed by atoms with E-state index >= 15 is 0 Å². The molecular formula is C15H22N2OS2. The number of likely N-dealkylation sites (tertiary alicyclic amines) is 1. The van der Waals surface area contributed by atoms with Crippen LogP contribution in [0.3, 0.4) is 0 Å². The second kappa shape index (κ2) is 7.93. The molecule has 1 fully saturated rings. The molecular weight excluding hydrogens is 288 g/mol. The molecule has 5 heteroatoms. The molecule has 1 aliphatic heterocycles. The molecule has 0 aliphatic carbocycles. The number of rotatable bonds is 4. The molecule has 110 valence electrons. The maximum atomic E-state index is 12.6. The fourth-order valence-corrected chi connectivity index (χ4v) is 3.92. The third kappa shape index (κ3) is 4.16. The Bertz CT molecular complexity index is 436. The summed E-state index contributed by atoms with van der Waals surface area (Å²) in [5.74, 6) is 1.25. The van der Waals surface area contributed by atoms with E-state index < -0.39 is 0 Å².